The van der Waals surface area contributed by atoms with E-state index in [2.05, 4.69) is 15.3 Å². The van der Waals surface area contributed by atoms with Crippen molar-refractivity contribution in [2.24, 2.45) is 0 Å². The molecule has 0 spiro atoms. The molecule has 0 bridgehead atoms. The monoisotopic (exact) mass is 204 g/mol. The number of benzene rings is 1. The van der Waals surface area contributed by atoms with Crippen molar-refractivity contribution in [2.75, 3.05) is 11.1 Å². The van der Waals surface area contributed by atoms with Crippen LogP contribution in [-0.2, 0) is 0 Å². The highest BCUT2D eigenvalue weighted by Crippen LogP contribution is 2.14. The molecule has 0 unspecified atom stereocenters. The number of rotatable bonds is 2. The molecule has 0 radical (unpaired) electrons. The summed E-state index contributed by atoms with van der Waals surface area (Å²) in [5.74, 6) is 0.568. The van der Waals surface area contributed by atoms with Gasteiger partial charge in [0.05, 0.1) is 12.4 Å². The zero-order valence-corrected chi connectivity index (χ0v) is 7.81. The number of halogens is 1. The lowest BCUT2D eigenvalue weighted by Crippen LogP contribution is -1.97. The van der Waals surface area contributed by atoms with Crippen LogP contribution in [0, 0.1) is 5.82 Å². The van der Waals surface area contributed by atoms with Crippen LogP contribution in [-0.4, -0.2) is 9.97 Å². The Morgan fingerprint density at radius 1 is 1.20 bits per heavy atom. The molecule has 0 saturated heterocycles. The molecular weight excluding hydrogens is 195 g/mol. The molecule has 1 aromatic heterocycles. The summed E-state index contributed by atoms with van der Waals surface area (Å²) < 4.78 is 12.8. The van der Waals surface area contributed by atoms with E-state index >= 15 is 0 Å². The Balaban J connectivity index is 2.18. The molecule has 76 valence electrons. The molecule has 0 aliphatic carbocycles. The average Bonchev–Trinajstić information content (AvgIpc) is 2.22. The van der Waals surface area contributed by atoms with Gasteiger partial charge in [0.2, 0.25) is 0 Å². The maximum absolute atomic E-state index is 12.8. The Morgan fingerprint density at radius 3 is 2.73 bits per heavy atom. The van der Waals surface area contributed by atoms with Crippen molar-refractivity contribution >= 4 is 17.3 Å². The second-order valence-corrected chi connectivity index (χ2v) is 2.96. The number of nitrogen functional groups attached to an aromatic ring is 1. The minimum atomic E-state index is -0.302. The van der Waals surface area contributed by atoms with Gasteiger partial charge in [0, 0.05) is 5.69 Å². The van der Waals surface area contributed by atoms with Crippen LogP contribution in [0.4, 0.5) is 21.7 Å². The second kappa shape index (κ2) is 3.91. The fourth-order valence-electron chi connectivity index (χ4n) is 1.12. The third-order valence-electron chi connectivity index (χ3n) is 1.77. The van der Waals surface area contributed by atoms with Crippen molar-refractivity contribution in [1.82, 2.24) is 9.97 Å². The normalized spacial score (nSPS) is 9.93. The van der Waals surface area contributed by atoms with Gasteiger partial charge in [-0.05, 0) is 18.2 Å². The molecule has 0 amide bonds. The molecular formula is C10H9FN4. The van der Waals surface area contributed by atoms with Gasteiger partial charge in [0.15, 0.2) is 0 Å². The number of hydrogen-bond acceptors (Lipinski definition) is 4. The van der Waals surface area contributed by atoms with Gasteiger partial charge in [-0.15, -0.1) is 0 Å². The topological polar surface area (TPSA) is 63.8 Å². The Bertz CT molecular complexity index is 455. The maximum Gasteiger partial charge on any atom is 0.149 e. The molecule has 2 aromatic rings. The van der Waals surface area contributed by atoms with E-state index in [1.165, 1.54) is 24.5 Å². The van der Waals surface area contributed by atoms with E-state index in [1.54, 1.807) is 12.1 Å². The van der Waals surface area contributed by atoms with E-state index in [0.717, 1.165) is 0 Å². The van der Waals surface area contributed by atoms with Crippen LogP contribution < -0.4 is 11.1 Å². The molecule has 0 fully saturated rings. The molecule has 4 nitrogen and oxygen atoms in total. The fourth-order valence-corrected chi connectivity index (χ4v) is 1.12. The van der Waals surface area contributed by atoms with Crippen LogP contribution in [0.25, 0.3) is 0 Å². The summed E-state index contributed by atoms with van der Waals surface area (Å²) in [6.45, 7) is 0. The van der Waals surface area contributed by atoms with E-state index in [-0.39, 0.29) is 5.82 Å². The molecule has 0 saturated carbocycles. The Labute approximate surface area is 86.0 Å². The first-order valence-corrected chi connectivity index (χ1v) is 4.34. The highest BCUT2D eigenvalue weighted by Gasteiger charge is 1.97. The summed E-state index contributed by atoms with van der Waals surface area (Å²) in [4.78, 5) is 7.84. The standard InChI is InChI=1S/C10H9FN4/c11-7-2-1-3-8(4-7)15-10-6-13-9(12)5-14-10/h1-6H,(H2,12,13)(H,14,15). The molecule has 5 heteroatoms. The first-order valence-electron chi connectivity index (χ1n) is 4.34. The minimum absolute atomic E-state index is 0.302. The van der Waals surface area contributed by atoms with Crippen LogP contribution in [0.2, 0.25) is 0 Å². The van der Waals surface area contributed by atoms with Crippen molar-refractivity contribution in [3.05, 3.63) is 42.5 Å². The highest BCUT2D eigenvalue weighted by atomic mass is 19.1. The first-order chi connectivity index (χ1) is 7.24. The summed E-state index contributed by atoms with van der Waals surface area (Å²) in [5.41, 5.74) is 6.00. The summed E-state index contributed by atoms with van der Waals surface area (Å²) >= 11 is 0. The van der Waals surface area contributed by atoms with E-state index in [1.807, 2.05) is 0 Å². The number of hydrogen-bond donors (Lipinski definition) is 2. The Kier molecular flexibility index (Phi) is 2.45. The van der Waals surface area contributed by atoms with E-state index in [4.69, 9.17) is 5.73 Å². The van der Waals surface area contributed by atoms with Crippen LogP contribution >= 0.6 is 0 Å². The fraction of sp³-hybridized carbons (Fsp3) is 0. The predicted molar refractivity (Wildman–Crippen MR) is 56.1 cm³/mol. The second-order valence-electron chi connectivity index (χ2n) is 2.96. The quantitative estimate of drug-likeness (QED) is 0.784. The highest BCUT2D eigenvalue weighted by molar-refractivity contribution is 5.55. The Hall–Kier alpha value is -2.17. The van der Waals surface area contributed by atoms with Gasteiger partial charge in [-0.25, -0.2) is 14.4 Å². The molecule has 2 rings (SSSR count). The van der Waals surface area contributed by atoms with Gasteiger partial charge in [0.1, 0.15) is 17.5 Å². The number of nitrogens with two attached hydrogens (primary N) is 1. The van der Waals surface area contributed by atoms with Gasteiger partial charge >= 0.3 is 0 Å². The van der Waals surface area contributed by atoms with Crippen LogP contribution in [0.5, 0.6) is 0 Å². The molecule has 15 heavy (non-hydrogen) atoms. The first kappa shape index (κ1) is 9.39. The lowest BCUT2D eigenvalue weighted by Gasteiger charge is -2.04. The van der Waals surface area contributed by atoms with Crippen molar-refractivity contribution in [3.63, 3.8) is 0 Å². The SMILES string of the molecule is Nc1cnc(Nc2cccc(F)c2)cn1. The molecule has 1 heterocycles. The summed E-state index contributed by atoms with van der Waals surface area (Å²) in [6.07, 6.45) is 2.92. The number of nitrogens with one attached hydrogen (secondary N) is 1. The van der Waals surface area contributed by atoms with Crippen LogP contribution in [0.15, 0.2) is 36.7 Å². The summed E-state index contributed by atoms with van der Waals surface area (Å²) in [6, 6.07) is 6.10. The van der Waals surface area contributed by atoms with Gasteiger partial charge in [-0.3, -0.25) is 0 Å². The molecule has 0 atom stereocenters. The predicted octanol–water partition coefficient (Wildman–Crippen LogP) is 1.94. The maximum atomic E-state index is 12.8. The lowest BCUT2D eigenvalue weighted by atomic mass is 10.3. The van der Waals surface area contributed by atoms with E-state index in [0.29, 0.717) is 17.3 Å². The van der Waals surface area contributed by atoms with Crippen molar-refractivity contribution < 1.29 is 4.39 Å². The van der Waals surface area contributed by atoms with Gasteiger partial charge in [0.25, 0.3) is 0 Å². The summed E-state index contributed by atoms with van der Waals surface area (Å²) in [7, 11) is 0. The van der Waals surface area contributed by atoms with E-state index in [9.17, 15) is 4.39 Å². The molecule has 0 aliphatic heterocycles. The molecule has 1 aromatic carbocycles. The van der Waals surface area contributed by atoms with Crippen LogP contribution in [0.3, 0.4) is 0 Å². The Morgan fingerprint density at radius 2 is 2.07 bits per heavy atom. The van der Waals surface area contributed by atoms with Crippen LogP contribution in [0.1, 0.15) is 0 Å². The van der Waals surface area contributed by atoms with Gasteiger partial charge in [-0.1, -0.05) is 6.07 Å². The third kappa shape index (κ3) is 2.40. The number of nitrogens with zero attached hydrogens (tertiary/aromatic N) is 2. The third-order valence-corrected chi connectivity index (χ3v) is 1.77. The smallest absolute Gasteiger partial charge is 0.149 e. The van der Waals surface area contributed by atoms with Gasteiger partial charge < -0.3 is 11.1 Å². The molecule has 3 N–H and O–H groups in total. The molecule has 0 aliphatic rings. The lowest BCUT2D eigenvalue weighted by molar-refractivity contribution is 0.628. The zero-order valence-electron chi connectivity index (χ0n) is 7.81. The average molecular weight is 204 g/mol. The number of aromatic nitrogens is 2. The van der Waals surface area contributed by atoms with Gasteiger partial charge in [-0.2, -0.15) is 0 Å². The van der Waals surface area contributed by atoms with E-state index < -0.39 is 0 Å². The summed E-state index contributed by atoms with van der Waals surface area (Å²) in [5, 5.41) is 2.90. The minimum Gasteiger partial charge on any atom is -0.382 e. The number of anilines is 3. The zero-order chi connectivity index (χ0) is 10.7. The van der Waals surface area contributed by atoms with Crippen molar-refractivity contribution in [3.8, 4) is 0 Å². The van der Waals surface area contributed by atoms with Crippen molar-refractivity contribution in [1.29, 1.82) is 0 Å². The van der Waals surface area contributed by atoms with Crippen molar-refractivity contribution in [2.45, 2.75) is 0 Å². The largest absolute Gasteiger partial charge is 0.382 e.